The molecule has 1 aromatic carbocycles. The van der Waals surface area contributed by atoms with Gasteiger partial charge in [-0.2, -0.15) is 0 Å². The molecule has 2 atom stereocenters. The molecule has 0 saturated carbocycles. The van der Waals surface area contributed by atoms with Gasteiger partial charge in [0.1, 0.15) is 17.4 Å². The number of carboxylic acid groups (broad SMARTS) is 1. The first-order valence-corrected chi connectivity index (χ1v) is 8.11. The van der Waals surface area contributed by atoms with E-state index in [0.29, 0.717) is 30.7 Å². The van der Waals surface area contributed by atoms with Gasteiger partial charge in [0.2, 0.25) is 0 Å². The molecule has 1 fully saturated rings. The van der Waals surface area contributed by atoms with Gasteiger partial charge in [-0.15, -0.1) is 0 Å². The molecular weight excluding hydrogens is 326 g/mol. The van der Waals surface area contributed by atoms with Crippen LogP contribution in [0, 0.1) is 6.92 Å². The highest BCUT2D eigenvalue weighted by atomic mass is 16.5. The van der Waals surface area contributed by atoms with Crippen LogP contribution in [0.25, 0.3) is 11.0 Å². The molecule has 25 heavy (non-hydrogen) atoms. The lowest BCUT2D eigenvalue weighted by Crippen LogP contribution is -2.46. The van der Waals surface area contributed by atoms with Crippen LogP contribution in [0.2, 0.25) is 0 Å². The zero-order valence-corrected chi connectivity index (χ0v) is 14.0. The molecule has 0 radical (unpaired) electrons. The molecule has 1 saturated heterocycles. The number of aliphatic carboxylic acids is 1. The minimum atomic E-state index is -0.999. The highest BCUT2D eigenvalue weighted by Gasteiger charge is 2.36. The molecule has 1 aromatic heterocycles. The summed E-state index contributed by atoms with van der Waals surface area (Å²) in [6.07, 6.45) is 0.276. The Morgan fingerprint density at radius 1 is 1.36 bits per heavy atom. The average molecular weight is 345 g/mol. The van der Waals surface area contributed by atoms with Crippen LogP contribution in [0.15, 0.2) is 33.5 Å². The van der Waals surface area contributed by atoms with E-state index in [1.54, 1.807) is 25.1 Å². The van der Waals surface area contributed by atoms with Gasteiger partial charge in [0.05, 0.1) is 0 Å². The van der Waals surface area contributed by atoms with Gasteiger partial charge in [0, 0.05) is 24.1 Å². The van der Waals surface area contributed by atoms with Crippen LogP contribution in [-0.2, 0) is 9.59 Å². The lowest BCUT2D eigenvalue weighted by molar-refractivity contribution is -0.150. The third-order valence-electron chi connectivity index (χ3n) is 4.40. The number of ether oxygens (including phenoxy) is 1. The molecule has 7 nitrogen and oxygen atoms in total. The zero-order chi connectivity index (χ0) is 18.1. The second-order valence-corrected chi connectivity index (χ2v) is 6.19. The van der Waals surface area contributed by atoms with E-state index < -0.39 is 23.7 Å². The standard InChI is InChI=1S/C18H19NO6/c1-10-8-16(20)25-15-9-12(5-6-13(10)15)24-11(2)17(21)19-7-3-4-14(19)18(22)23/h5-6,8-9,11,14H,3-4,7H2,1-2H3,(H,22,23)/t11-,14+/m0/s1. The molecule has 1 aliphatic rings. The Kier molecular flexibility index (Phi) is 4.48. The van der Waals surface area contributed by atoms with Gasteiger partial charge < -0.3 is 19.2 Å². The first-order valence-electron chi connectivity index (χ1n) is 8.11. The number of rotatable bonds is 4. The van der Waals surface area contributed by atoms with Crippen molar-refractivity contribution in [3.8, 4) is 5.75 Å². The van der Waals surface area contributed by atoms with Crippen LogP contribution in [0.3, 0.4) is 0 Å². The number of fused-ring (bicyclic) bond motifs is 1. The normalized spacial score (nSPS) is 18.3. The molecular formula is C18H19NO6. The van der Waals surface area contributed by atoms with Gasteiger partial charge in [-0.1, -0.05) is 0 Å². The smallest absolute Gasteiger partial charge is 0.336 e. The fraction of sp³-hybridized carbons (Fsp3) is 0.389. The van der Waals surface area contributed by atoms with Gasteiger partial charge in [0.25, 0.3) is 5.91 Å². The van der Waals surface area contributed by atoms with Crippen LogP contribution >= 0.6 is 0 Å². The minimum absolute atomic E-state index is 0.365. The summed E-state index contributed by atoms with van der Waals surface area (Å²) >= 11 is 0. The van der Waals surface area contributed by atoms with Gasteiger partial charge in [-0.05, 0) is 44.4 Å². The quantitative estimate of drug-likeness (QED) is 0.851. The maximum atomic E-state index is 12.5. The van der Waals surface area contributed by atoms with E-state index in [-0.39, 0.29) is 5.91 Å². The van der Waals surface area contributed by atoms with E-state index in [9.17, 15) is 19.5 Å². The molecule has 3 rings (SSSR count). The number of amides is 1. The number of carboxylic acids is 1. The Morgan fingerprint density at radius 3 is 2.84 bits per heavy atom. The number of benzene rings is 1. The second-order valence-electron chi connectivity index (χ2n) is 6.19. The third-order valence-corrected chi connectivity index (χ3v) is 4.40. The molecule has 0 unspecified atom stereocenters. The van der Waals surface area contributed by atoms with Crippen molar-refractivity contribution in [3.05, 3.63) is 40.2 Å². The highest BCUT2D eigenvalue weighted by molar-refractivity contribution is 5.87. The number of nitrogens with zero attached hydrogens (tertiary/aromatic N) is 1. The zero-order valence-electron chi connectivity index (χ0n) is 14.0. The van der Waals surface area contributed by atoms with Crippen molar-refractivity contribution in [1.29, 1.82) is 0 Å². The average Bonchev–Trinajstić information content (AvgIpc) is 3.03. The van der Waals surface area contributed by atoms with Crippen LogP contribution in [-0.4, -0.2) is 40.6 Å². The number of hydrogen-bond donors (Lipinski definition) is 1. The Labute approximate surface area is 143 Å². The summed E-state index contributed by atoms with van der Waals surface area (Å²) in [6, 6.07) is 5.63. The molecule has 0 spiro atoms. The first kappa shape index (κ1) is 17.0. The number of likely N-dealkylation sites (tertiary alicyclic amines) is 1. The van der Waals surface area contributed by atoms with Crippen molar-refractivity contribution < 1.29 is 23.8 Å². The van der Waals surface area contributed by atoms with Gasteiger partial charge >= 0.3 is 11.6 Å². The topological polar surface area (TPSA) is 97.0 Å². The second kappa shape index (κ2) is 6.58. The molecule has 0 bridgehead atoms. The van der Waals surface area contributed by atoms with Crippen LogP contribution in [0.1, 0.15) is 25.3 Å². The Bertz CT molecular complexity index is 887. The maximum Gasteiger partial charge on any atom is 0.336 e. The van der Waals surface area contributed by atoms with Crippen molar-refractivity contribution in [3.63, 3.8) is 0 Å². The van der Waals surface area contributed by atoms with Crippen LogP contribution < -0.4 is 10.4 Å². The van der Waals surface area contributed by atoms with Crippen LogP contribution in [0.4, 0.5) is 0 Å². The lowest BCUT2D eigenvalue weighted by atomic mass is 10.1. The highest BCUT2D eigenvalue weighted by Crippen LogP contribution is 2.24. The molecule has 1 N–H and O–H groups in total. The largest absolute Gasteiger partial charge is 0.481 e. The summed E-state index contributed by atoms with van der Waals surface area (Å²) in [7, 11) is 0. The SMILES string of the molecule is Cc1cc(=O)oc2cc(O[C@@H](C)C(=O)N3CCC[C@@H]3C(=O)O)ccc12. The number of carbonyl (C=O) groups excluding carboxylic acids is 1. The van der Waals surface area contributed by atoms with Gasteiger partial charge in [-0.3, -0.25) is 4.79 Å². The van der Waals surface area contributed by atoms with E-state index in [0.717, 1.165) is 10.9 Å². The first-order chi connectivity index (χ1) is 11.9. The van der Waals surface area contributed by atoms with E-state index in [4.69, 9.17) is 9.15 Å². The molecule has 1 aliphatic heterocycles. The molecule has 0 aliphatic carbocycles. The molecule has 1 amide bonds. The van der Waals surface area contributed by atoms with Gasteiger partial charge in [0.15, 0.2) is 6.10 Å². The van der Waals surface area contributed by atoms with Crippen molar-refractivity contribution >= 4 is 22.8 Å². The van der Waals surface area contributed by atoms with Crippen molar-refractivity contribution in [2.45, 2.75) is 38.8 Å². The monoisotopic (exact) mass is 345 g/mol. The number of carbonyl (C=O) groups is 2. The van der Waals surface area contributed by atoms with E-state index in [1.165, 1.54) is 11.0 Å². The lowest BCUT2D eigenvalue weighted by Gasteiger charge is -2.25. The van der Waals surface area contributed by atoms with Crippen molar-refractivity contribution in [2.24, 2.45) is 0 Å². The minimum Gasteiger partial charge on any atom is -0.481 e. The summed E-state index contributed by atoms with van der Waals surface area (Å²) < 4.78 is 10.8. The molecule has 2 heterocycles. The van der Waals surface area contributed by atoms with Crippen molar-refractivity contribution in [1.82, 2.24) is 4.90 Å². The Morgan fingerprint density at radius 2 is 2.12 bits per heavy atom. The molecule has 7 heteroatoms. The van der Waals surface area contributed by atoms with Crippen LogP contribution in [0.5, 0.6) is 5.75 Å². The number of hydrogen-bond acceptors (Lipinski definition) is 5. The predicted molar refractivity (Wildman–Crippen MR) is 89.7 cm³/mol. The maximum absolute atomic E-state index is 12.5. The van der Waals surface area contributed by atoms with E-state index in [1.807, 2.05) is 6.92 Å². The predicted octanol–water partition coefficient (Wildman–Crippen LogP) is 1.94. The Balaban J connectivity index is 1.79. The third kappa shape index (κ3) is 3.35. The fourth-order valence-electron chi connectivity index (χ4n) is 3.15. The van der Waals surface area contributed by atoms with Crippen molar-refractivity contribution in [2.75, 3.05) is 6.54 Å². The summed E-state index contributed by atoms with van der Waals surface area (Å²) in [6.45, 7) is 3.80. The van der Waals surface area contributed by atoms with E-state index in [2.05, 4.69) is 0 Å². The van der Waals surface area contributed by atoms with E-state index >= 15 is 0 Å². The number of aryl methyl sites for hydroxylation is 1. The van der Waals surface area contributed by atoms with Gasteiger partial charge in [-0.25, -0.2) is 9.59 Å². The fourth-order valence-corrected chi connectivity index (χ4v) is 3.15. The summed E-state index contributed by atoms with van der Waals surface area (Å²) in [5, 5.41) is 9.99. The Hall–Kier alpha value is -2.83. The summed E-state index contributed by atoms with van der Waals surface area (Å²) in [5.74, 6) is -0.982. The summed E-state index contributed by atoms with van der Waals surface area (Å²) in [4.78, 5) is 36.6. The molecule has 132 valence electrons. The summed E-state index contributed by atoms with van der Waals surface area (Å²) in [5.41, 5.74) is 0.725. The molecule has 2 aromatic rings.